The number of anilines is 1. The van der Waals surface area contributed by atoms with Gasteiger partial charge in [-0.2, -0.15) is 4.98 Å². The molecule has 0 saturated heterocycles. The number of para-hydroxylation sites is 2. The first-order valence-electron chi connectivity index (χ1n) is 6.49. The Balaban J connectivity index is 1.51. The molecule has 0 aliphatic carbocycles. The van der Waals surface area contributed by atoms with Gasteiger partial charge in [-0.3, -0.25) is 15.6 Å². The molecule has 1 aromatic heterocycles. The van der Waals surface area contributed by atoms with Crippen molar-refractivity contribution in [3.05, 3.63) is 54.3 Å². The number of fused-ring (bicyclic) bond motifs is 1. The van der Waals surface area contributed by atoms with Crippen LogP contribution in [0.25, 0.3) is 11.1 Å². The second-order valence-electron chi connectivity index (χ2n) is 4.41. The van der Waals surface area contributed by atoms with Crippen LogP contribution in [0.5, 0.6) is 5.75 Å². The molecule has 6 nitrogen and oxygen atoms in total. The normalized spacial score (nSPS) is 10.4. The van der Waals surface area contributed by atoms with Crippen LogP contribution in [0.15, 0.2) is 52.9 Å². The topological polar surface area (TPSA) is 76.4 Å². The first-order valence-corrected chi connectivity index (χ1v) is 6.49. The van der Waals surface area contributed by atoms with Crippen LogP contribution in [0, 0.1) is 5.82 Å². The van der Waals surface area contributed by atoms with Crippen molar-refractivity contribution in [2.24, 2.45) is 0 Å². The van der Waals surface area contributed by atoms with E-state index in [-0.39, 0.29) is 18.4 Å². The van der Waals surface area contributed by atoms with Crippen LogP contribution in [-0.4, -0.2) is 17.5 Å². The molecule has 22 heavy (non-hydrogen) atoms. The highest BCUT2D eigenvalue weighted by atomic mass is 19.1. The molecule has 0 bridgehead atoms. The maximum absolute atomic E-state index is 12.9. The molecule has 2 N–H and O–H groups in total. The van der Waals surface area contributed by atoms with E-state index in [0.29, 0.717) is 11.1 Å². The van der Waals surface area contributed by atoms with E-state index in [9.17, 15) is 9.18 Å². The monoisotopic (exact) mass is 301 g/mol. The number of ether oxygens (including phenoxy) is 1. The fraction of sp³-hybridized carbons (Fsp3) is 0.0667. The number of benzene rings is 2. The Morgan fingerprint density at radius 3 is 2.91 bits per heavy atom. The summed E-state index contributed by atoms with van der Waals surface area (Å²) in [5.41, 5.74) is 6.21. The van der Waals surface area contributed by atoms with Crippen molar-refractivity contribution in [1.82, 2.24) is 10.4 Å². The number of hydrogen-bond acceptors (Lipinski definition) is 5. The molecule has 1 heterocycles. The maximum Gasteiger partial charge on any atom is 0.315 e. The van der Waals surface area contributed by atoms with Gasteiger partial charge in [0.2, 0.25) is 0 Å². The van der Waals surface area contributed by atoms with E-state index in [1.54, 1.807) is 18.2 Å². The van der Waals surface area contributed by atoms with Gasteiger partial charge < -0.3 is 9.15 Å². The van der Waals surface area contributed by atoms with E-state index in [2.05, 4.69) is 15.8 Å². The van der Waals surface area contributed by atoms with Crippen molar-refractivity contribution in [2.45, 2.75) is 0 Å². The van der Waals surface area contributed by atoms with Crippen molar-refractivity contribution < 1.29 is 18.3 Å². The molecular weight excluding hydrogens is 289 g/mol. The summed E-state index contributed by atoms with van der Waals surface area (Å²) in [5.74, 6) is -0.606. The molecule has 3 rings (SSSR count). The van der Waals surface area contributed by atoms with Gasteiger partial charge in [0.1, 0.15) is 17.1 Å². The Kier molecular flexibility index (Phi) is 3.86. The zero-order valence-corrected chi connectivity index (χ0v) is 11.4. The fourth-order valence-corrected chi connectivity index (χ4v) is 1.79. The third kappa shape index (κ3) is 3.32. The third-order valence-corrected chi connectivity index (χ3v) is 2.77. The highest BCUT2D eigenvalue weighted by Gasteiger charge is 2.07. The fourth-order valence-electron chi connectivity index (χ4n) is 1.79. The molecule has 0 unspecified atom stereocenters. The molecule has 0 fully saturated rings. The molecule has 3 aromatic rings. The Morgan fingerprint density at radius 2 is 2.09 bits per heavy atom. The molecule has 112 valence electrons. The van der Waals surface area contributed by atoms with Gasteiger partial charge in [0.05, 0.1) is 0 Å². The SMILES string of the molecule is O=C(COc1cccc(F)c1)NNc1nc2ccccc2o1. The average molecular weight is 301 g/mol. The van der Waals surface area contributed by atoms with Crippen LogP contribution in [0.3, 0.4) is 0 Å². The van der Waals surface area contributed by atoms with Crippen LogP contribution >= 0.6 is 0 Å². The molecule has 0 spiro atoms. The maximum atomic E-state index is 12.9. The Morgan fingerprint density at radius 1 is 1.23 bits per heavy atom. The first-order chi connectivity index (χ1) is 10.7. The number of halogens is 1. The van der Waals surface area contributed by atoms with E-state index in [1.807, 2.05) is 12.1 Å². The molecule has 1 amide bonds. The van der Waals surface area contributed by atoms with E-state index in [0.717, 1.165) is 0 Å². The highest BCUT2D eigenvalue weighted by Crippen LogP contribution is 2.17. The molecular formula is C15H12FN3O3. The molecule has 0 aliphatic heterocycles. The summed E-state index contributed by atoms with van der Waals surface area (Å²) < 4.78 is 23.5. The summed E-state index contributed by atoms with van der Waals surface area (Å²) in [6, 6.07) is 12.9. The van der Waals surface area contributed by atoms with Gasteiger partial charge in [-0.15, -0.1) is 0 Å². The zero-order valence-electron chi connectivity index (χ0n) is 11.4. The smallest absolute Gasteiger partial charge is 0.315 e. The standard InChI is InChI=1S/C15H12FN3O3/c16-10-4-3-5-11(8-10)21-9-14(20)18-19-15-17-12-6-1-2-7-13(12)22-15/h1-8H,9H2,(H,17,19)(H,18,20). The number of nitrogens with one attached hydrogen (secondary N) is 2. The Bertz CT molecular complexity index is 770. The summed E-state index contributed by atoms with van der Waals surface area (Å²) in [7, 11) is 0. The van der Waals surface area contributed by atoms with Crippen molar-refractivity contribution >= 4 is 23.0 Å². The molecule has 7 heteroatoms. The number of carbonyl (C=O) groups excluding carboxylic acids is 1. The average Bonchev–Trinajstić information content (AvgIpc) is 2.94. The van der Waals surface area contributed by atoms with Gasteiger partial charge in [-0.1, -0.05) is 18.2 Å². The molecule has 0 radical (unpaired) electrons. The number of hydrazine groups is 1. The van der Waals surface area contributed by atoms with Crippen molar-refractivity contribution in [3.63, 3.8) is 0 Å². The lowest BCUT2D eigenvalue weighted by Crippen LogP contribution is -2.33. The lowest BCUT2D eigenvalue weighted by atomic mass is 10.3. The number of nitrogens with zero attached hydrogens (tertiary/aromatic N) is 1. The Labute approximate surface area is 124 Å². The Hall–Kier alpha value is -3.09. The number of carbonyl (C=O) groups is 1. The van der Waals surface area contributed by atoms with Crippen LogP contribution in [0.1, 0.15) is 0 Å². The number of hydrogen-bond donors (Lipinski definition) is 2. The van der Waals surface area contributed by atoms with Gasteiger partial charge in [0.25, 0.3) is 5.91 Å². The highest BCUT2D eigenvalue weighted by molar-refractivity contribution is 5.79. The number of oxazole rings is 1. The van der Waals surface area contributed by atoms with Crippen molar-refractivity contribution in [3.8, 4) is 5.75 Å². The molecule has 0 aliphatic rings. The van der Waals surface area contributed by atoms with Crippen LogP contribution in [0.2, 0.25) is 0 Å². The zero-order chi connectivity index (χ0) is 15.4. The predicted octanol–water partition coefficient (Wildman–Crippen LogP) is 2.49. The quantitative estimate of drug-likeness (QED) is 0.708. The van der Waals surface area contributed by atoms with Crippen LogP contribution in [-0.2, 0) is 4.79 Å². The van der Waals surface area contributed by atoms with E-state index in [1.165, 1.54) is 18.2 Å². The first kappa shape index (κ1) is 13.9. The molecule has 2 aromatic carbocycles. The van der Waals surface area contributed by atoms with Crippen molar-refractivity contribution in [2.75, 3.05) is 12.0 Å². The number of amides is 1. The number of rotatable bonds is 5. The summed E-state index contributed by atoms with van der Waals surface area (Å²) >= 11 is 0. The predicted molar refractivity (Wildman–Crippen MR) is 77.7 cm³/mol. The van der Waals surface area contributed by atoms with Crippen LogP contribution in [0.4, 0.5) is 10.4 Å². The number of aromatic nitrogens is 1. The molecule has 0 saturated carbocycles. The minimum absolute atomic E-state index is 0.167. The lowest BCUT2D eigenvalue weighted by molar-refractivity contribution is -0.122. The van der Waals surface area contributed by atoms with Crippen LogP contribution < -0.4 is 15.6 Å². The second kappa shape index (κ2) is 6.13. The van der Waals surface area contributed by atoms with Gasteiger partial charge in [0.15, 0.2) is 12.2 Å². The molecule has 0 atom stereocenters. The van der Waals surface area contributed by atoms with Gasteiger partial charge in [0, 0.05) is 6.07 Å². The largest absolute Gasteiger partial charge is 0.484 e. The third-order valence-electron chi connectivity index (χ3n) is 2.77. The van der Waals surface area contributed by atoms with E-state index in [4.69, 9.17) is 9.15 Å². The lowest BCUT2D eigenvalue weighted by Gasteiger charge is -2.07. The minimum atomic E-state index is -0.452. The summed E-state index contributed by atoms with van der Waals surface area (Å²) in [6.07, 6.45) is 0. The summed E-state index contributed by atoms with van der Waals surface area (Å²) in [4.78, 5) is 15.8. The van der Waals surface area contributed by atoms with Gasteiger partial charge in [-0.05, 0) is 24.3 Å². The summed E-state index contributed by atoms with van der Waals surface area (Å²) in [5, 5.41) is 0. The summed E-state index contributed by atoms with van der Waals surface area (Å²) in [6.45, 7) is -0.267. The van der Waals surface area contributed by atoms with Gasteiger partial charge >= 0.3 is 6.01 Å². The van der Waals surface area contributed by atoms with Gasteiger partial charge in [-0.25, -0.2) is 4.39 Å². The second-order valence-corrected chi connectivity index (χ2v) is 4.41. The van der Waals surface area contributed by atoms with Crippen molar-refractivity contribution in [1.29, 1.82) is 0 Å². The van der Waals surface area contributed by atoms with E-state index < -0.39 is 11.7 Å². The van der Waals surface area contributed by atoms with E-state index >= 15 is 0 Å². The minimum Gasteiger partial charge on any atom is -0.484 e.